The second-order valence-electron chi connectivity index (χ2n) is 6.67. The average molecular weight is 357 g/mol. The quantitative estimate of drug-likeness (QED) is 0.734. The van der Waals surface area contributed by atoms with Crippen LogP contribution in [0.15, 0.2) is 53.7 Å². The Morgan fingerprint density at radius 1 is 1.16 bits per heavy atom. The van der Waals surface area contributed by atoms with Gasteiger partial charge in [0, 0.05) is 30.9 Å². The van der Waals surface area contributed by atoms with E-state index in [9.17, 15) is 8.42 Å². The fraction of sp³-hybridized carbons (Fsp3) is 0.316. The molecule has 2 aromatic heterocycles. The summed E-state index contributed by atoms with van der Waals surface area (Å²) in [5, 5.41) is 0.653. The van der Waals surface area contributed by atoms with E-state index in [2.05, 4.69) is 23.6 Å². The molecule has 3 rings (SSSR count). The minimum absolute atomic E-state index is 0.270. The zero-order chi connectivity index (χ0) is 18.0. The SMILES string of the molecule is Cc1ccccc1CNS(=O)(=O)c1cn(CC(C)C)c2ncccc12. The van der Waals surface area contributed by atoms with Gasteiger partial charge in [0.2, 0.25) is 10.0 Å². The van der Waals surface area contributed by atoms with Crippen LogP contribution in [0.25, 0.3) is 11.0 Å². The number of hydrogen-bond donors (Lipinski definition) is 1. The van der Waals surface area contributed by atoms with E-state index < -0.39 is 10.0 Å². The van der Waals surface area contributed by atoms with Crippen molar-refractivity contribution in [1.82, 2.24) is 14.3 Å². The van der Waals surface area contributed by atoms with Crippen LogP contribution in [0, 0.1) is 12.8 Å². The molecule has 0 saturated heterocycles. The normalized spacial score (nSPS) is 12.2. The summed E-state index contributed by atoms with van der Waals surface area (Å²) in [6, 6.07) is 11.3. The molecule has 0 unspecified atom stereocenters. The molecule has 1 aromatic carbocycles. The molecule has 6 heteroatoms. The van der Waals surface area contributed by atoms with Gasteiger partial charge in [-0.3, -0.25) is 0 Å². The highest BCUT2D eigenvalue weighted by Gasteiger charge is 2.21. The van der Waals surface area contributed by atoms with Gasteiger partial charge >= 0.3 is 0 Å². The van der Waals surface area contributed by atoms with Crippen molar-refractivity contribution in [2.24, 2.45) is 5.92 Å². The molecule has 25 heavy (non-hydrogen) atoms. The first kappa shape index (κ1) is 17.6. The van der Waals surface area contributed by atoms with Crippen molar-refractivity contribution in [2.75, 3.05) is 0 Å². The lowest BCUT2D eigenvalue weighted by atomic mass is 10.1. The van der Waals surface area contributed by atoms with Crippen LogP contribution in [-0.2, 0) is 23.1 Å². The standard InChI is InChI=1S/C19H23N3O2S/c1-14(2)12-22-13-18(17-9-6-10-20-19(17)22)25(23,24)21-11-16-8-5-4-7-15(16)3/h4-10,13-14,21H,11-12H2,1-3H3. The van der Waals surface area contributed by atoms with E-state index in [0.717, 1.165) is 17.7 Å². The minimum atomic E-state index is -3.63. The van der Waals surface area contributed by atoms with Gasteiger partial charge in [0.1, 0.15) is 10.5 Å². The summed E-state index contributed by atoms with van der Waals surface area (Å²) < 4.78 is 30.4. The number of nitrogens with zero attached hydrogens (tertiary/aromatic N) is 2. The van der Waals surface area contributed by atoms with Gasteiger partial charge in [-0.15, -0.1) is 0 Å². The molecule has 1 N–H and O–H groups in total. The molecule has 0 amide bonds. The van der Waals surface area contributed by atoms with Crippen LogP contribution in [0.3, 0.4) is 0 Å². The highest BCUT2D eigenvalue weighted by molar-refractivity contribution is 7.89. The molecule has 5 nitrogen and oxygen atoms in total. The van der Waals surface area contributed by atoms with Crippen molar-refractivity contribution in [3.8, 4) is 0 Å². The second kappa shape index (κ2) is 6.98. The van der Waals surface area contributed by atoms with Crippen molar-refractivity contribution in [1.29, 1.82) is 0 Å². The highest BCUT2D eigenvalue weighted by Crippen LogP contribution is 2.25. The van der Waals surface area contributed by atoms with Crippen molar-refractivity contribution < 1.29 is 8.42 Å². The first-order valence-corrected chi connectivity index (χ1v) is 9.85. The van der Waals surface area contributed by atoms with E-state index in [0.29, 0.717) is 17.0 Å². The van der Waals surface area contributed by atoms with Crippen molar-refractivity contribution in [2.45, 2.75) is 38.8 Å². The van der Waals surface area contributed by atoms with Crippen molar-refractivity contribution in [3.63, 3.8) is 0 Å². The van der Waals surface area contributed by atoms with E-state index in [1.807, 2.05) is 41.8 Å². The summed E-state index contributed by atoms with van der Waals surface area (Å²) in [5.41, 5.74) is 2.73. The molecule has 0 aliphatic carbocycles. The molecule has 0 aliphatic heterocycles. The van der Waals surface area contributed by atoms with Gasteiger partial charge in [-0.2, -0.15) is 0 Å². The maximum Gasteiger partial charge on any atom is 0.243 e. The maximum atomic E-state index is 12.9. The monoisotopic (exact) mass is 357 g/mol. The minimum Gasteiger partial charge on any atom is -0.331 e. The Hall–Kier alpha value is -2.18. The summed E-state index contributed by atoms with van der Waals surface area (Å²) in [5.74, 6) is 0.396. The van der Waals surface area contributed by atoms with Crippen LogP contribution in [0.1, 0.15) is 25.0 Å². The third kappa shape index (κ3) is 3.75. The maximum absolute atomic E-state index is 12.9. The van der Waals surface area contributed by atoms with Crippen LogP contribution in [-0.4, -0.2) is 18.0 Å². The smallest absolute Gasteiger partial charge is 0.243 e. The Labute approximate surface area is 148 Å². The lowest BCUT2D eigenvalue weighted by Crippen LogP contribution is -2.23. The number of fused-ring (bicyclic) bond motifs is 1. The van der Waals surface area contributed by atoms with Gasteiger partial charge in [0.25, 0.3) is 0 Å². The molecule has 0 fully saturated rings. The largest absolute Gasteiger partial charge is 0.331 e. The second-order valence-corrected chi connectivity index (χ2v) is 8.40. The van der Waals surface area contributed by atoms with Gasteiger partial charge in [-0.05, 0) is 36.1 Å². The molecule has 0 atom stereocenters. The number of hydrogen-bond acceptors (Lipinski definition) is 3. The molecule has 0 saturated carbocycles. The van der Waals surface area contributed by atoms with Crippen LogP contribution >= 0.6 is 0 Å². The summed E-state index contributed by atoms with van der Waals surface area (Å²) >= 11 is 0. The van der Waals surface area contributed by atoms with Crippen molar-refractivity contribution >= 4 is 21.1 Å². The van der Waals surface area contributed by atoms with Gasteiger partial charge in [0.15, 0.2) is 0 Å². The zero-order valence-electron chi connectivity index (χ0n) is 14.7. The third-order valence-electron chi connectivity index (χ3n) is 4.16. The predicted molar refractivity (Wildman–Crippen MR) is 99.8 cm³/mol. The zero-order valence-corrected chi connectivity index (χ0v) is 15.5. The molecular formula is C19H23N3O2S. The number of rotatable bonds is 6. The topological polar surface area (TPSA) is 64.0 Å². The number of aromatic nitrogens is 2. The summed E-state index contributed by atoms with van der Waals surface area (Å²) in [4.78, 5) is 4.65. The summed E-state index contributed by atoms with van der Waals surface area (Å²) in [7, 11) is -3.63. The Balaban J connectivity index is 1.96. The Kier molecular flexibility index (Phi) is 4.92. The van der Waals surface area contributed by atoms with Gasteiger partial charge in [-0.25, -0.2) is 18.1 Å². The van der Waals surface area contributed by atoms with Gasteiger partial charge < -0.3 is 4.57 Å². The van der Waals surface area contributed by atoms with Gasteiger partial charge in [0.05, 0.1) is 0 Å². The number of sulfonamides is 1. The molecule has 0 radical (unpaired) electrons. The molecule has 0 aliphatic rings. The fourth-order valence-electron chi connectivity index (χ4n) is 2.90. The number of pyridine rings is 1. The molecule has 3 aromatic rings. The van der Waals surface area contributed by atoms with E-state index in [1.54, 1.807) is 18.5 Å². The first-order valence-electron chi connectivity index (χ1n) is 8.36. The summed E-state index contributed by atoms with van der Waals surface area (Å²) in [6.07, 6.45) is 3.38. The summed E-state index contributed by atoms with van der Waals surface area (Å²) in [6.45, 7) is 7.16. The van der Waals surface area contributed by atoms with Crippen LogP contribution < -0.4 is 4.72 Å². The van der Waals surface area contributed by atoms with Crippen molar-refractivity contribution in [3.05, 3.63) is 59.9 Å². The first-order chi connectivity index (χ1) is 11.9. The molecular weight excluding hydrogens is 334 g/mol. The van der Waals surface area contributed by atoms with Crippen LogP contribution in [0.4, 0.5) is 0 Å². The van der Waals surface area contributed by atoms with E-state index >= 15 is 0 Å². The van der Waals surface area contributed by atoms with E-state index in [-0.39, 0.29) is 11.4 Å². The van der Waals surface area contributed by atoms with E-state index in [1.165, 1.54) is 0 Å². The van der Waals surface area contributed by atoms with Crippen LogP contribution in [0.5, 0.6) is 0 Å². The number of benzene rings is 1. The molecule has 0 bridgehead atoms. The predicted octanol–water partition coefficient (Wildman–Crippen LogP) is 3.48. The lowest BCUT2D eigenvalue weighted by molar-refractivity contribution is 0.530. The molecule has 2 heterocycles. The third-order valence-corrected chi connectivity index (χ3v) is 5.59. The van der Waals surface area contributed by atoms with E-state index in [4.69, 9.17) is 0 Å². The number of nitrogens with one attached hydrogen (secondary N) is 1. The van der Waals surface area contributed by atoms with Crippen LogP contribution in [0.2, 0.25) is 0 Å². The Morgan fingerprint density at radius 3 is 2.64 bits per heavy atom. The Morgan fingerprint density at radius 2 is 1.92 bits per heavy atom. The lowest BCUT2D eigenvalue weighted by Gasteiger charge is -2.08. The van der Waals surface area contributed by atoms with Gasteiger partial charge in [-0.1, -0.05) is 38.1 Å². The highest BCUT2D eigenvalue weighted by atomic mass is 32.2. The Bertz CT molecular complexity index is 991. The average Bonchev–Trinajstić information content (AvgIpc) is 2.93. The molecule has 0 spiro atoms. The number of aryl methyl sites for hydroxylation is 1. The molecule has 132 valence electrons. The fourth-order valence-corrected chi connectivity index (χ4v) is 4.11.